The van der Waals surface area contributed by atoms with Crippen LogP contribution < -0.4 is 94.6 Å². The summed E-state index contributed by atoms with van der Waals surface area (Å²) in [6, 6.07) is 31.6. The number of carbonyl (C=O) groups excluding carboxylic acids is 7. The van der Waals surface area contributed by atoms with E-state index in [0.717, 1.165) is 124 Å². The molecule has 39 heteroatoms. The van der Waals surface area contributed by atoms with Crippen LogP contribution in [0, 0.1) is 5.41 Å². The van der Waals surface area contributed by atoms with Crippen LogP contribution in [-0.4, -0.2) is 136 Å². The van der Waals surface area contributed by atoms with E-state index in [1.807, 2.05) is 126 Å². The summed E-state index contributed by atoms with van der Waals surface area (Å²) in [6.45, 7) is 13.9. The number of amidine groups is 1. The molecule has 0 aliphatic carbocycles. The van der Waals surface area contributed by atoms with Gasteiger partial charge < -0.3 is 98.7 Å². The van der Waals surface area contributed by atoms with Crippen LogP contribution in [0.5, 0.6) is 0 Å². The molecule has 0 bridgehead atoms. The normalized spacial score (nSPS) is 10.3. The monoisotopic (exact) mass is 1740 g/mol. The molecule has 0 aliphatic heterocycles. The number of benzene rings is 4. The minimum absolute atomic E-state index is 0. The van der Waals surface area contributed by atoms with E-state index < -0.39 is 28.9 Å². The number of hydrogen-bond acceptors (Lipinski definition) is 25. The van der Waals surface area contributed by atoms with Crippen molar-refractivity contribution < 1.29 is 43.0 Å². The van der Waals surface area contributed by atoms with Gasteiger partial charge in [-0.05, 0) is 202 Å². The second-order valence-electron chi connectivity index (χ2n) is 24.7. The lowest BCUT2D eigenvalue weighted by molar-refractivity contribution is -0.117. The number of amides is 7. The van der Waals surface area contributed by atoms with E-state index >= 15 is 0 Å². The fraction of sp³-hybridized carbons (Fsp3) is 0.406. The highest BCUT2D eigenvalue weighted by Crippen LogP contribution is 2.20. The Kier molecular flexibility index (Phi) is 53.7. The first-order valence-electron chi connectivity index (χ1n) is 33.1. The highest BCUT2D eigenvalue weighted by Gasteiger charge is 2.20. The summed E-state index contributed by atoms with van der Waals surface area (Å²) in [4.78, 5) is 97.5. The van der Waals surface area contributed by atoms with Gasteiger partial charge >= 0.3 is 12.2 Å². The smallest absolute Gasteiger partial charge is 0.407 e. The number of hydrogen-bond donors (Lipinski definition) is 18. The molecule has 0 saturated heterocycles. The van der Waals surface area contributed by atoms with Crippen molar-refractivity contribution >= 4 is 195 Å². The van der Waals surface area contributed by atoms with Gasteiger partial charge in [0.1, 0.15) is 11.2 Å². The predicted octanol–water partition coefficient (Wildman–Crippen LogP) is 8.88. The summed E-state index contributed by atoms with van der Waals surface area (Å²) in [7, 11) is 0. The van der Waals surface area contributed by atoms with E-state index in [1.54, 1.807) is 6.26 Å². The van der Waals surface area contributed by atoms with Crippen LogP contribution in [0.4, 0.5) is 55.6 Å². The SMILES string of the molecule is CC(C)(C)OC(=O)NCCCCc1ccc(N)cc1.CC(C)(C)OC(=O)NCCCCc1ccc(NCC(N)=O)cc1.CSC(=N)NC(=O)c1nc(Cl)c(N)nc1N.Cl.Cl.Cl.I.NC(=O)CNc1ccc(CCCCN=C(N)NC(=O)c2nc(Cl)c(N)nc2N)cc1.NCCCCc1ccc(NCC(N)=O)cc1. The Morgan fingerprint density at radius 1 is 0.472 bits per heavy atom. The maximum atomic E-state index is 12.1. The number of aliphatic imine (C=N–C) groups is 1. The second kappa shape index (κ2) is 56.2. The van der Waals surface area contributed by atoms with Gasteiger partial charge in [0.15, 0.2) is 56.1 Å². The minimum Gasteiger partial charge on any atom is -0.444 e. The van der Waals surface area contributed by atoms with Crippen LogP contribution in [-0.2, 0) is 49.5 Å². The van der Waals surface area contributed by atoms with Gasteiger partial charge in [-0.25, -0.2) is 29.5 Å². The van der Waals surface area contributed by atoms with Crippen molar-refractivity contribution in [1.82, 2.24) is 41.2 Å². The first-order chi connectivity index (χ1) is 49.1. The van der Waals surface area contributed by atoms with Gasteiger partial charge in [0.2, 0.25) is 17.7 Å². The topological polar surface area (TPSA) is 570 Å². The lowest BCUT2D eigenvalue weighted by Crippen LogP contribution is -2.38. The first-order valence-corrected chi connectivity index (χ1v) is 35.1. The molecule has 0 radical (unpaired) electrons. The van der Waals surface area contributed by atoms with Crippen molar-refractivity contribution in [3.05, 3.63) is 141 Å². The standard InChI is InChI=1S/C18H24ClN9O2.C17H27N3O3.C15H24N2O2.C12H19N3O.C7H9ClN6OS.3ClH.HI/c19-14-16(22)27-15(21)13(26-14)17(30)28-18(23)24-8-2-1-3-10-4-6-11(7-5-10)25-9-12(20)29;1-17(2,3)23-16(22)19-11-5-4-6-13-7-9-14(10-8-13)20-12-15(18)21;1-15(2,3)19-14(18)17-11-5-4-6-12-7-9-13(16)10-8-12;13-8-2-1-3-10-4-6-11(7-5-10)15-9-12(14)16;1-16-7(11)14-6(15)2-4(9)13-5(10)3(8)12-2;;;;/h4-7,25H,1-3,8-9H2,(H2,20,29)(H4,21,22,27)(H3,23,24,28,30);7-10,20H,4-6,11-12H2,1-3H3,(H2,18,21)(H,19,22);7-10H,4-6,11,16H2,1-3H3,(H,17,18);4-7,15H,1-3,8-9,13H2,(H2,14,16);1H3,(H4,9,10,13)(H2,11,14,15);4*1H. The summed E-state index contributed by atoms with van der Waals surface area (Å²) in [5.74, 6) is -2.92. The Balaban J connectivity index is -0.00000129. The molecular formula is C69H107Cl5IN23O9S. The lowest BCUT2D eigenvalue weighted by atomic mass is 10.1. The van der Waals surface area contributed by atoms with E-state index in [2.05, 4.69) is 74.3 Å². The molecule has 0 saturated carbocycles. The number of guanidine groups is 1. The van der Waals surface area contributed by atoms with E-state index in [1.165, 1.54) is 16.7 Å². The van der Waals surface area contributed by atoms with Crippen LogP contribution in [0.3, 0.4) is 0 Å². The van der Waals surface area contributed by atoms with Crippen molar-refractivity contribution in [2.75, 3.05) is 96.7 Å². The largest absolute Gasteiger partial charge is 0.444 e. The number of unbranched alkanes of at least 4 members (excludes halogenated alkanes) is 4. The molecule has 600 valence electrons. The molecule has 28 N–H and O–H groups in total. The zero-order chi connectivity index (χ0) is 77.8. The Morgan fingerprint density at radius 3 is 1.10 bits per heavy atom. The zero-order valence-corrected chi connectivity index (χ0v) is 68.8. The van der Waals surface area contributed by atoms with Gasteiger partial charge in [-0.3, -0.25) is 39.7 Å². The van der Waals surface area contributed by atoms with Gasteiger partial charge in [-0.1, -0.05) is 83.5 Å². The summed E-state index contributed by atoms with van der Waals surface area (Å²) >= 11 is 12.4. The number of carbonyl (C=O) groups is 7. The Bertz CT molecular complexity index is 3720. The quantitative estimate of drug-likeness (QED) is 0.00657. The molecule has 6 rings (SSSR count). The Labute approximate surface area is 681 Å². The van der Waals surface area contributed by atoms with Crippen LogP contribution in [0.2, 0.25) is 10.3 Å². The number of primary amides is 3. The van der Waals surface area contributed by atoms with Crippen LogP contribution in [0.1, 0.15) is 136 Å². The molecule has 0 fully saturated rings. The lowest BCUT2D eigenvalue weighted by Gasteiger charge is -2.19. The van der Waals surface area contributed by atoms with Crippen molar-refractivity contribution in [2.45, 2.75) is 130 Å². The van der Waals surface area contributed by atoms with Crippen LogP contribution in [0.25, 0.3) is 0 Å². The number of aryl methyl sites for hydroxylation is 4. The first kappa shape index (κ1) is 103. The van der Waals surface area contributed by atoms with E-state index in [4.69, 9.17) is 95.4 Å². The predicted molar refractivity (Wildman–Crippen MR) is 454 cm³/mol. The van der Waals surface area contributed by atoms with E-state index in [9.17, 15) is 33.6 Å². The number of rotatable bonds is 30. The van der Waals surface area contributed by atoms with Crippen molar-refractivity contribution in [3.63, 3.8) is 0 Å². The molecule has 2 heterocycles. The van der Waals surface area contributed by atoms with Crippen molar-refractivity contribution in [2.24, 2.45) is 33.7 Å². The van der Waals surface area contributed by atoms with E-state index in [-0.39, 0.29) is 161 Å². The number of alkyl carbamates (subject to hydrolysis) is 2. The molecule has 0 unspecified atom stereocenters. The number of nitrogens with zero attached hydrogens (tertiary/aromatic N) is 5. The molecular weight excluding hydrogens is 1630 g/mol. The highest BCUT2D eigenvalue weighted by atomic mass is 127. The Morgan fingerprint density at radius 2 is 0.787 bits per heavy atom. The number of halogens is 6. The average Bonchev–Trinajstić information content (AvgIpc) is 0.840. The molecule has 32 nitrogen and oxygen atoms in total. The van der Waals surface area contributed by atoms with Gasteiger partial charge in [-0.15, -0.1) is 61.2 Å². The van der Waals surface area contributed by atoms with Crippen molar-refractivity contribution in [3.8, 4) is 0 Å². The number of nitrogen functional groups attached to an aromatic ring is 5. The Hall–Kier alpha value is -9.04. The summed E-state index contributed by atoms with van der Waals surface area (Å²) < 4.78 is 10.3. The fourth-order valence-corrected chi connectivity index (χ4v) is 8.75. The second-order valence-corrected chi connectivity index (χ2v) is 26.3. The third kappa shape index (κ3) is 49.0. The molecule has 108 heavy (non-hydrogen) atoms. The summed E-state index contributed by atoms with van der Waals surface area (Å²) in [5, 5.41) is 26.0. The number of aromatic nitrogens is 4. The number of nitrogens with one attached hydrogen (secondary N) is 8. The highest BCUT2D eigenvalue weighted by molar-refractivity contribution is 14.0. The van der Waals surface area contributed by atoms with Crippen LogP contribution >= 0.6 is 96.2 Å². The average molecular weight is 1740 g/mol. The maximum Gasteiger partial charge on any atom is 0.407 e. The van der Waals surface area contributed by atoms with E-state index in [0.29, 0.717) is 19.6 Å². The molecule has 2 aromatic heterocycles. The van der Waals surface area contributed by atoms with Gasteiger partial charge in [0, 0.05) is 42.4 Å². The summed E-state index contributed by atoms with van der Waals surface area (Å²) in [6.07, 6.45) is 12.4. The van der Waals surface area contributed by atoms with Gasteiger partial charge in [0.05, 0.1) is 19.6 Å². The third-order valence-electron chi connectivity index (χ3n) is 13.4. The fourth-order valence-electron chi connectivity index (χ4n) is 8.30. The molecule has 4 aromatic carbocycles. The summed E-state index contributed by atoms with van der Waals surface area (Å²) in [5.41, 5.74) is 61.0. The molecule has 0 aliphatic rings. The van der Waals surface area contributed by atoms with Gasteiger partial charge in [-0.2, -0.15) is 0 Å². The molecule has 7 amide bonds. The van der Waals surface area contributed by atoms with Crippen LogP contribution in [0.15, 0.2) is 102 Å². The molecule has 6 aromatic rings. The molecule has 0 spiro atoms. The maximum absolute atomic E-state index is 12.1. The number of ether oxygens (including phenoxy) is 2. The number of thioether (sulfide) groups is 1. The molecule has 0 atom stereocenters. The van der Waals surface area contributed by atoms with Gasteiger partial charge in [0.25, 0.3) is 11.8 Å². The minimum atomic E-state index is -0.673. The zero-order valence-electron chi connectivity index (χ0n) is 61.7. The number of nitrogens with two attached hydrogens (primary N) is 10. The number of anilines is 8. The third-order valence-corrected chi connectivity index (χ3v) is 14.4. The van der Waals surface area contributed by atoms with Crippen molar-refractivity contribution in [1.29, 1.82) is 5.41 Å².